The van der Waals surface area contributed by atoms with Gasteiger partial charge in [0.2, 0.25) is 0 Å². The van der Waals surface area contributed by atoms with Crippen LogP contribution in [0.5, 0.6) is 0 Å². The van der Waals surface area contributed by atoms with Crippen LogP contribution in [0, 0.1) is 5.92 Å². The third-order valence-corrected chi connectivity index (χ3v) is 5.73. The smallest absolute Gasteiger partial charge is 0.270 e. The Morgan fingerprint density at radius 1 is 1.23 bits per heavy atom. The number of nitrogens with one attached hydrogen (secondary N) is 1. The van der Waals surface area contributed by atoms with Gasteiger partial charge in [0, 0.05) is 48.8 Å². The Morgan fingerprint density at radius 3 is 2.96 bits per heavy atom. The van der Waals surface area contributed by atoms with Crippen LogP contribution in [0.2, 0.25) is 0 Å². The second-order valence-corrected chi connectivity index (χ2v) is 7.74. The molecule has 0 radical (unpaired) electrons. The summed E-state index contributed by atoms with van der Waals surface area (Å²) in [4.78, 5) is 22.9. The molecule has 0 spiro atoms. The van der Waals surface area contributed by atoms with E-state index < -0.39 is 0 Å². The molecule has 3 aromatic rings. The summed E-state index contributed by atoms with van der Waals surface area (Å²) in [5.74, 6) is 2.43. The molecule has 1 amide bonds. The molecule has 5 nitrogen and oxygen atoms in total. The zero-order valence-electron chi connectivity index (χ0n) is 14.9. The maximum Gasteiger partial charge on any atom is 0.270 e. The molecule has 1 atom stereocenters. The van der Waals surface area contributed by atoms with Crippen molar-refractivity contribution in [2.45, 2.75) is 38.1 Å². The lowest BCUT2D eigenvalue weighted by molar-refractivity contribution is 0.0698. The Bertz CT molecular complexity index is 903. The molecule has 2 fully saturated rings. The summed E-state index contributed by atoms with van der Waals surface area (Å²) in [5, 5.41) is 1.09. The molecule has 0 bridgehead atoms. The Hall–Kier alpha value is -2.56. The summed E-state index contributed by atoms with van der Waals surface area (Å²) in [7, 11) is 0. The summed E-state index contributed by atoms with van der Waals surface area (Å²) < 4.78 is 2.32. The average molecular weight is 348 g/mol. The van der Waals surface area contributed by atoms with E-state index >= 15 is 0 Å². The number of benzene rings is 1. The molecule has 1 aliphatic carbocycles. The van der Waals surface area contributed by atoms with Gasteiger partial charge in [-0.15, -0.1) is 0 Å². The number of H-pyrrole nitrogens is 1. The van der Waals surface area contributed by atoms with E-state index in [1.54, 1.807) is 0 Å². The summed E-state index contributed by atoms with van der Waals surface area (Å²) in [6, 6.07) is 10.0. The Labute approximate surface area is 153 Å². The van der Waals surface area contributed by atoms with Crippen LogP contribution in [0.1, 0.15) is 47.9 Å². The van der Waals surface area contributed by atoms with Gasteiger partial charge in [0.05, 0.1) is 0 Å². The van der Waals surface area contributed by atoms with Crippen LogP contribution < -0.4 is 0 Å². The minimum Gasteiger partial charge on any atom is -0.351 e. The van der Waals surface area contributed by atoms with Gasteiger partial charge in [-0.25, -0.2) is 4.98 Å². The van der Waals surface area contributed by atoms with Crippen molar-refractivity contribution in [2.75, 3.05) is 13.1 Å². The molecule has 2 aliphatic rings. The van der Waals surface area contributed by atoms with E-state index in [1.165, 1.54) is 12.8 Å². The highest BCUT2D eigenvalue weighted by Crippen LogP contribution is 2.33. The van der Waals surface area contributed by atoms with Crippen LogP contribution in [0.15, 0.2) is 42.7 Å². The zero-order valence-corrected chi connectivity index (χ0v) is 14.9. The highest BCUT2D eigenvalue weighted by molar-refractivity contribution is 5.98. The summed E-state index contributed by atoms with van der Waals surface area (Å²) >= 11 is 0. The molecule has 134 valence electrons. The van der Waals surface area contributed by atoms with E-state index in [1.807, 2.05) is 41.4 Å². The molecule has 1 saturated heterocycles. The molecule has 1 N–H and O–H groups in total. The fourth-order valence-corrected chi connectivity index (χ4v) is 4.14. The summed E-state index contributed by atoms with van der Waals surface area (Å²) in [6.07, 6.45) is 8.84. The first-order valence-electron chi connectivity index (χ1n) is 9.66. The molecule has 1 saturated carbocycles. The average Bonchev–Trinajstić information content (AvgIpc) is 3.19. The highest BCUT2D eigenvalue weighted by atomic mass is 16.2. The van der Waals surface area contributed by atoms with Gasteiger partial charge in [0.25, 0.3) is 5.91 Å². The van der Waals surface area contributed by atoms with Crippen molar-refractivity contribution in [2.24, 2.45) is 5.92 Å². The van der Waals surface area contributed by atoms with Crippen molar-refractivity contribution < 1.29 is 4.79 Å². The Kier molecular flexibility index (Phi) is 3.80. The molecule has 3 heterocycles. The molecular formula is C21H24N4O. The van der Waals surface area contributed by atoms with E-state index in [9.17, 15) is 4.79 Å². The van der Waals surface area contributed by atoms with Crippen molar-refractivity contribution in [3.8, 4) is 0 Å². The van der Waals surface area contributed by atoms with Crippen LogP contribution in [0.4, 0.5) is 0 Å². The minimum absolute atomic E-state index is 0.103. The number of carbonyl (C=O) groups is 1. The van der Waals surface area contributed by atoms with Crippen LogP contribution in [-0.2, 0) is 6.54 Å². The first kappa shape index (κ1) is 15.7. The van der Waals surface area contributed by atoms with Gasteiger partial charge in [-0.1, -0.05) is 18.2 Å². The standard InChI is InChI=1S/C21H24N4O/c26-21(19-12-16-4-1-2-6-18(16)23-19)25-10-3-5-17(14-25)20-22-9-11-24(20)13-15-7-8-15/h1-2,4,6,9,11-12,15,17,23H,3,5,7-8,10,13-14H2/t17-/m1/s1. The van der Waals surface area contributed by atoms with Crippen molar-refractivity contribution in [3.63, 3.8) is 0 Å². The number of hydrogen-bond acceptors (Lipinski definition) is 2. The lowest BCUT2D eigenvalue weighted by atomic mass is 9.96. The number of hydrogen-bond donors (Lipinski definition) is 1. The number of carbonyl (C=O) groups excluding carboxylic acids is 1. The lowest BCUT2D eigenvalue weighted by Crippen LogP contribution is -2.40. The van der Waals surface area contributed by atoms with Gasteiger partial charge in [0.15, 0.2) is 0 Å². The number of likely N-dealkylation sites (tertiary alicyclic amines) is 1. The normalized spacial score (nSPS) is 20.6. The predicted molar refractivity (Wildman–Crippen MR) is 101 cm³/mol. The Balaban J connectivity index is 1.35. The van der Waals surface area contributed by atoms with E-state index in [0.717, 1.165) is 55.1 Å². The molecular weight excluding hydrogens is 324 g/mol. The quantitative estimate of drug-likeness (QED) is 0.780. The molecule has 1 aromatic carbocycles. The Morgan fingerprint density at radius 2 is 2.12 bits per heavy atom. The van der Waals surface area contributed by atoms with Gasteiger partial charge in [-0.05, 0) is 43.7 Å². The number of piperidine rings is 1. The van der Waals surface area contributed by atoms with Crippen LogP contribution in [-0.4, -0.2) is 38.4 Å². The van der Waals surface area contributed by atoms with Crippen molar-refractivity contribution in [1.82, 2.24) is 19.4 Å². The third-order valence-electron chi connectivity index (χ3n) is 5.73. The number of imidazole rings is 1. The number of rotatable bonds is 4. The van der Waals surface area contributed by atoms with E-state index in [-0.39, 0.29) is 5.91 Å². The molecule has 0 unspecified atom stereocenters. The largest absolute Gasteiger partial charge is 0.351 e. The third kappa shape index (κ3) is 2.91. The second kappa shape index (κ2) is 6.31. The molecule has 5 heteroatoms. The molecule has 5 rings (SSSR count). The zero-order chi connectivity index (χ0) is 17.5. The van der Waals surface area contributed by atoms with Crippen molar-refractivity contribution in [1.29, 1.82) is 0 Å². The number of aromatic amines is 1. The lowest BCUT2D eigenvalue weighted by Gasteiger charge is -2.32. The maximum atomic E-state index is 13.0. The monoisotopic (exact) mass is 348 g/mol. The number of amides is 1. The molecule has 26 heavy (non-hydrogen) atoms. The van der Waals surface area contributed by atoms with Gasteiger partial charge in [-0.2, -0.15) is 0 Å². The maximum absolute atomic E-state index is 13.0. The van der Waals surface area contributed by atoms with Crippen LogP contribution in [0.25, 0.3) is 10.9 Å². The first-order chi connectivity index (χ1) is 12.8. The molecule has 1 aliphatic heterocycles. The second-order valence-electron chi connectivity index (χ2n) is 7.74. The van der Waals surface area contributed by atoms with Crippen LogP contribution in [0.3, 0.4) is 0 Å². The van der Waals surface area contributed by atoms with Gasteiger partial charge in [-0.3, -0.25) is 4.79 Å². The van der Waals surface area contributed by atoms with Crippen LogP contribution >= 0.6 is 0 Å². The number of aromatic nitrogens is 3. The fraction of sp³-hybridized carbons (Fsp3) is 0.429. The highest BCUT2D eigenvalue weighted by Gasteiger charge is 2.30. The van der Waals surface area contributed by atoms with E-state index in [2.05, 4.69) is 20.7 Å². The number of nitrogens with zero attached hydrogens (tertiary/aromatic N) is 3. The summed E-state index contributed by atoms with van der Waals surface area (Å²) in [6.45, 7) is 2.67. The topological polar surface area (TPSA) is 53.9 Å². The van der Waals surface area contributed by atoms with Crippen molar-refractivity contribution in [3.05, 3.63) is 54.2 Å². The summed E-state index contributed by atoms with van der Waals surface area (Å²) in [5.41, 5.74) is 1.71. The number of fused-ring (bicyclic) bond motifs is 1. The van der Waals surface area contributed by atoms with E-state index in [4.69, 9.17) is 0 Å². The van der Waals surface area contributed by atoms with Gasteiger partial charge in [0.1, 0.15) is 11.5 Å². The van der Waals surface area contributed by atoms with Gasteiger partial charge >= 0.3 is 0 Å². The SMILES string of the molecule is O=C(c1cc2ccccc2[nH]1)N1CCC[C@@H](c2nccn2CC2CC2)C1. The fourth-order valence-electron chi connectivity index (χ4n) is 4.14. The molecule has 2 aromatic heterocycles. The first-order valence-corrected chi connectivity index (χ1v) is 9.66. The van der Waals surface area contributed by atoms with E-state index in [0.29, 0.717) is 11.6 Å². The van der Waals surface area contributed by atoms with Gasteiger partial charge < -0.3 is 14.5 Å². The minimum atomic E-state index is 0.103. The number of para-hydroxylation sites is 1. The predicted octanol–water partition coefficient (Wildman–Crippen LogP) is 3.79. The van der Waals surface area contributed by atoms with Crippen molar-refractivity contribution >= 4 is 16.8 Å².